The first-order valence-corrected chi connectivity index (χ1v) is 7.59. The van der Waals surface area contributed by atoms with E-state index < -0.39 is 0 Å². The second kappa shape index (κ2) is 7.06. The van der Waals surface area contributed by atoms with Crippen LogP contribution in [0.2, 0.25) is 0 Å². The minimum atomic E-state index is -0.376. The summed E-state index contributed by atoms with van der Waals surface area (Å²) in [6, 6.07) is 3.61. The first kappa shape index (κ1) is 15.3. The molecule has 2 rings (SSSR count). The normalized spacial score (nSPS) is 16.1. The van der Waals surface area contributed by atoms with E-state index in [0.29, 0.717) is 17.9 Å². The third-order valence-electron chi connectivity index (χ3n) is 3.32. The molecule has 0 radical (unpaired) electrons. The van der Waals surface area contributed by atoms with Gasteiger partial charge in [0.2, 0.25) is 0 Å². The summed E-state index contributed by atoms with van der Waals surface area (Å²) in [5.41, 5.74) is 7.96. The van der Waals surface area contributed by atoms with Crippen LogP contribution in [0.1, 0.15) is 22.8 Å². The van der Waals surface area contributed by atoms with Crippen LogP contribution in [0.3, 0.4) is 0 Å². The van der Waals surface area contributed by atoms with Gasteiger partial charge in [0.25, 0.3) is 0 Å². The van der Waals surface area contributed by atoms with Gasteiger partial charge in [0.15, 0.2) is 0 Å². The summed E-state index contributed by atoms with van der Waals surface area (Å²) in [6.07, 6.45) is 0. The molecular formula is C14H20BrN3O2. The Kier molecular flexibility index (Phi) is 5.39. The number of nitrogen functional groups attached to an aromatic ring is 1. The highest BCUT2D eigenvalue weighted by atomic mass is 79.9. The second-order valence-electron chi connectivity index (χ2n) is 4.78. The maximum atomic E-state index is 11.8. The van der Waals surface area contributed by atoms with E-state index in [1.165, 1.54) is 0 Å². The summed E-state index contributed by atoms with van der Waals surface area (Å²) in [5, 5.41) is 3.33. The van der Waals surface area contributed by atoms with Crippen molar-refractivity contribution in [3.05, 3.63) is 27.7 Å². The van der Waals surface area contributed by atoms with E-state index in [4.69, 9.17) is 10.5 Å². The molecule has 110 valence electrons. The minimum Gasteiger partial charge on any atom is -0.462 e. The van der Waals surface area contributed by atoms with Crippen LogP contribution in [-0.2, 0) is 11.3 Å². The Morgan fingerprint density at radius 2 is 2.15 bits per heavy atom. The monoisotopic (exact) mass is 341 g/mol. The third-order valence-corrected chi connectivity index (χ3v) is 4.06. The van der Waals surface area contributed by atoms with Gasteiger partial charge >= 0.3 is 5.97 Å². The molecule has 0 saturated carbocycles. The lowest BCUT2D eigenvalue weighted by atomic mass is 10.1. The number of anilines is 1. The molecule has 1 aromatic rings. The number of carbonyl (C=O) groups is 1. The van der Waals surface area contributed by atoms with Gasteiger partial charge in [0.05, 0.1) is 12.2 Å². The molecule has 1 saturated heterocycles. The van der Waals surface area contributed by atoms with Gasteiger partial charge < -0.3 is 15.8 Å². The van der Waals surface area contributed by atoms with Crippen LogP contribution in [0.15, 0.2) is 16.6 Å². The largest absolute Gasteiger partial charge is 0.462 e. The number of hydrogen-bond donors (Lipinski definition) is 2. The first-order chi connectivity index (χ1) is 9.61. The number of ether oxygens (including phenoxy) is 1. The van der Waals surface area contributed by atoms with Crippen molar-refractivity contribution in [2.45, 2.75) is 13.5 Å². The molecule has 0 unspecified atom stereocenters. The number of nitrogens with zero attached hydrogens (tertiary/aromatic N) is 1. The van der Waals surface area contributed by atoms with Gasteiger partial charge in [-0.1, -0.05) is 15.9 Å². The van der Waals surface area contributed by atoms with Crippen molar-refractivity contribution < 1.29 is 9.53 Å². The Morgan fingerprint density at radius 3 is 2.80 bits per heavy atom. The molecule has 1 aromatic carbocycles. The summed E-state index contributed by atoms with van der Waals surface area (Å²) in [4.78, 5) is 14.1. The molecule has 0 amide bonds. The number of carbonyl (C=O) groups excluding carboxylic acids is 1. The lowest BCUT2D eigenvalue weighted by Crippen LogP contribution is -2.42. The highest BCUT2D eigenvalue weighted by Crippen LogP contribution is 2.26. The molecule has 6 heteroatoms. The average Bonchev–Trinajstić information content (AvgIpc) is 2.44. The number of nitrogens with one attached hydrogen (secondary N) is 1. The fourth-order valence-electron chi connectivity index (χ4n) is 2.25. The number of hydrogen-bond acceptors (Lipinski definition) is 5. The van der Waals surface area contributed by atoms with Crippen LogP contribution in [0, 0.1) is 0 Å². The van der Waals surface area contributed by atoms with Gasteiger partial charge in [0, 0.05) is 42.9 Å². The van der Waals surface area contributed by atoms with Crippen LogP contribution in [-0.4, -0.2) is 43.7 Å². The third kappa shape index (κ3) is 3.71. The van der Waals surface area contributed by atoms with Gasteiger partial charge in [0.1, 0.15) is 0 Å². The molecule has 3 N–H and O–H groups in total. The predicted octanol–water partition coefficient (Wildman–Crippen LogP) is 1.61. The Hall–Kier alpha value is -1.11. The zero-order valence-corrected chi connectivity index (χ0v) is 13.2. The molecule has 20 heavy (non-hydrogen) atoms. The van der Waals surface area contributed by atoms with Crippen molar-refractivity contribution in [2.75, 3.05) is 38.5 Å². The molecule has 0 spiro atoms. The Bertz CT molecular complexity index is 488. The highest BCUT2D eigenvalue weighted by Gasteiger charge is 2.16. The summed E-state index contributed by atoms with van der Waals surface area (Å²) in [6.45, 7) is 7.01. The standard InChI is InChI=1S/C14H20BrN3O2/c1-2-20-14(19)11-8-12(15)10(7-13(11)16)9-18-5-3-17-4-6-18/h7-8,17H,2-6,9,16H2,1H3. The van der Waals surface area contributed by atoms with Crippen molar-refractivity contribution in [1.29, 1.82) is 0 Å². The van der Waals surface area contributed by atoms with Crippen molar-refractivity contribution >= 4 is 27.6 Å². The highest BCUT2D eigenvalue weighted by molar-refractivity contribution is 9.10. The van der Waals surface area contributed by atoms with E-state index >= 15 is 0 Å². The number of halogens is 1. The molecule has 5 nitrogen and oxygen atoms in total. The van der Waals surface area contributed by atoms with Crippen LogP contribution >= 0.6 is 15.9 Å². The smallest absolute Gasteiger partial charge is 0.340 e. The number of piperazine rings is 1. The van der Waals surface area contributed by atoms with Crippen molar-refractivity contribution in [3.63, 3.8) is 0 Å². The van der Waals surface area contributed by atoms with Crippen LogP contribution < -0.4 is 11.1 Å². The molecule has 1 aliphatic rings. The van der Waals surface area contributed by atoms with Crippen LogP contribution in [0.25, 0.3) is 0 Å². The van der Waals surface area contributed by atoms with E-state index in [9.17, 15) is 4.79 Å². The van der Waals surface area contributed by atoms with Gasteiger partial charge in [-0.25, -0.2) is 4.79 Å². The van der Waals surface area contributed by atoms with Gasteiger partial charge in [-0.3, -0.25) is 4.90 Å². The van der Waals surface area contributed by atoms with Crippen LogP contribution in [0.4, 0.5) is 5.69 Å². The summed E-state index contributed by atoms with van der Waals surface area (Å²) >= 11 is 3.52. The SMILES string of the molecule is CCOC(=O)c1cc(Br)c(CN2CCNCC2)cc1N. The Balaban J connectivity index is 2.14. The maximum absolute atomic E-state index is 11.8. The first-order valence-electron chi connectivity index (χ1n) is 6.80. The molecule has 1 aliphatic heterocycles. The van der Waals surface area contributed by atoms with E-state index in [-0.39, 0.29) is 5.97 Å². The fourth-order valence-corrected chi connectivity index (χ4v) is 2.72. The van der Waals surface area contributed by atoms with E-state index in [1.54, 1.807) is 13.0 Å². The summed E-state index contributed by atoms with van der Waals surface area (Å²) in [7, 11) is 0. The van der Waals surface area contributed by atoms with Gasteiger partial charge in [-0.05, 0) is 24.6 Å². The zero-order valence-electron chi connectivity index (χ0n) is 11.6. The van der Waals surface area contributed by atoms with Gasteiger partial charge in [-0.2, -0.15) is 0 Å². The molecule has 0 aromatic heterocycles. The number of rotatable bonds is 4. The summed E-state index contributed by atoms with van der Waals surface area (Å²) < 4.78 is 5.89. The fraction of sp³-hybridized carbons (Fsp3) is 0.500. The Morgan fingerprint density at radius 1 is 1.45 bits per heavy atom. The van der Waals surface area contributed by atoms with E-state index in [2.05, 4.69) is 26.1 Å². The van der Waals surface area contributed by atoms with Crippen LogP contribution in [0.5, 0.6) is 0 Å². The maximum Gasteiger partial charge on any atom is 0.340 e. The second-order valence-corrected chi connectivity index (χ2v) is 5.63. The molecular weight excluding hydrogens is 322 g/mol. The topological polar surface area (TPSA) is 67.6 Å². The van der Waals surface area contributed by atoms with E-state index in [1.807, 2.05) is 6.07 Å². The molecule has 0 aliphatic carbocycles. The number of nitrogens with two attached hydrogens (primary N) is 1. The number of esters is 1. The molecule has 0 bridgehead atoms. The minimum absolute atomic E-state index is 0.346. The predicted molar refractivity (Wildman–Crippen MR) is 82.7 cm³/mol. The van der Waals surface area contributed by atoms with E-state index in [0.717, 1.165) is 42.8 Å². The molecule has 1 heterocycles. The lowest BCUT2D eigenvalue weighted by molar-refractivity contribution is 0.0527. The molecule has 0 atom stereocenters. The quantitative estimate of drug-likeness (QED) is 0.643. The van der Waals surface area contributed by atoms with Crippen molar-refractivity contribution in [3.8, 4) is 0 Å². The zero-order chi connectivity index (χ0) is 14.5. The molecule has 1 fully saturated rings. The Labute approximate surface area is 127 Å². The van der Waals surface area contributed by atoms with Crippen molar-refractivity contribution in [1.82, 2.24) is 10.2 Å². The summed E-state index contributed by atoms with van der Waals surface area (Å²) in [5.74, 6) is -0.376. The van der Waals surface area contributed by atoms with Crippen molar-refractivity contribution in [2.24, 2.45) is 0 Å². The van der Waals surface area contributed by atoms with Gasteiger partial charge in [-0.15, -0.1) is 0 Å². The lowest BCUT2D eigenvalue weighted by Gasteiger charge is -2.27. The average molecular weight is 342 g/mol. The number of benzene rings is 1.